The summed E-state index contributed by atoms with van der Waals surface area (Å²) in [5.74, 6) is -1.05. The highest BCUT2D eigenvalue weighted by Gasteiger charge is 2.33. The fourth-order valence-electron chi connectivity index (χ4n) is 3.67. The molecule has 4 aromatic rings. The summed E-state index contributed by atoms with van der Waals surface area (Å²) in [5.41, 5.74) is 1.39. The van der Waals surface area contributed by atoms with Crippen molar-refractivity contribution >= 4 is 22.8 Å². The third-order valence-corrected chi connectivity index (χ3v) is 5.34. The SMILES string of the molecule is COCCN(C(=O)Cn1nnc2ccccc21)C(C(=O)NCc1ccco1)c1ccccc1F. The number of aromatic nitrogens is 3. The van der Waals surface area contributed by atoms with Crippen molar-refractivity contribution in [2.24, 2.45) is 0 Å². The van der Waals surface area contributed by atoms with E-state index in [1.54, 1.807) is 30.3 Å². The molecule has 0 fully saturated rings. The van der Waals surface area contributed by atoms with E-state index in [-0.39, 0.29) is 31.8 Å². The van der Waals surface area contributed by atoms with Crippen LogP contribution in [0.5, 0.6) is 0 Å². The van der Waals surface area contributed by atoms with E-state index in [2.05, 4.69) is 15.6 Å². The minimum Gasteiger partial charge on any atom is -0.467 e. The van der Waals surface area contributed by atoms with Crippen molar-refractivity contribution in [2.75, 3.05) is 20.3 Å². The van der Waals surface area contributed by atoms with E-state index < -0.39 is 23.7 Å². The molecule has 10 heteroatoms. The van der Waals surface area contributed by atoms with Gasteiger partial charge >= 0.3 is 0 Å². The maximum absolute atomic E-state index is 14.8. The van der Waals surface area contributed by atoms with Gasteiger partial charge in [0.05, 0.1) is 24.9 Å². The molecule has 176 valence electrons. The number of halogens is 1. The minimum absolute atomic E-state index is 0.0646. The average Bonchev–Trinajstić information content (AvgIpc) is 3.51. The molecule has 2 aromatic carbocycles. The van der Waals surface area contributed by atoms with Crippen LogP contribution < -0.4 is 5.32 Å². The van der Waals surface area contributed by atoms with Gasteiger partial charge in [0.25, 0.3) is 0 Å². The molecule has 4 rings (SSSR count). The normalized spacial score (nSPS) is 11.9. The lowest BCUT2D eigenvalue weighted by atomic mass is 10.0. The van der Waals surface area contributed by atoms with Crippen LogP contribution in [0.25, 0.3) is 11.0 Å². The monoisotopic (exact) mass is 465 g/mol. The Morgan fingerprint density at radius 3 is 2.71 bits per heavy atom. The van der Waals surface area contributed by atoms with Gasteiger partial charge in [0.15, 0.2) is 0 Å². The van der Waals surface area contributed by atoms with Crippen LogP contribution in [-0.4, -0.2) is 52.0 Å². The lowest BCUT2D eigenvalue weighted by Crippen LogP contribution is -2.46. The van der Waals surface area contributed by atoms with Gasteiger partial charge in [-0.05, 0) is 30.3 Å². The summed E-state index contributed by atoms with van der Waals surface area (Å²) in [6, 6.07) is 15.3. The Morgan fingerprint density at radius 2 is 1.94 bits per heavy atom. The molecule has 0 saturated heterocycles. The zero-order valence-electron chi connectivity index (χ0n) is 18.6. The van der Waals surface area contributed by atoms with Gasteiger partial charge in [-0.25, -0.2) is 9.07 Å². The summed E-state index contributed by atoms with van der Waals surface area (Å²) in [6.45, 7) is 0.132. The molecule has 2 heterocycles. The summed E-state index contributed by atoms with van der Waals surface area (Å²) in [4.78, 5) is 28.1. The van der Waals surface area contributed by atoms with Crippen LogP contribution in [0.1, 0.15) is 17.4 Å². The van der Waals surface area contributed by atoms with Gasteiger partial charge in [0, 0.05) is 19.2 Å². The number of hydrogen-bond donors (Lipinski definition) is 1. The summed E-state index contributed by atoms with van der Waals surface area (Å²) >= 11 is 0. The van der Waals surface area contributed by atoms with Gasteiger partial charge in [-0.15, -0.1) is 5.10 Å². The fraction of sp³-hybridized carbons (Fsp3) is 0.250. The van der Waals surface area contributed by atoms with Crippen molar-refractivity contribution in [3.8, 4) is 0 Å². The quantitative estimate of drug-likeness (QED) is 0.386. The second kappa shape index (κ2) is 10.7. The maximum Gasteiger partial charge on any atom is 0.247 e. The van der Waals surface area contributed by atoms with Gasteiger partial charge in [-0.2, -0.15) is 0 Å². The maximum atomic E-state index is 14.8. The molecule has 0 aliphatic heterocycles. The van der Waals surface area contributed by atoms with Gasteiger partial charge in [0.1, 0.15) is 29.7 Å². The molecule has 0 aliphatic rings. The molecule has 9 nitrogen and oxygen atoms in total. The number of hydrogen-bond acceptors (Lipinski definition) is 6. The van der Waals surface area contributed by atoms with Crippen molar-refractivity contribution in [3.63, 3.8) is 0 Å². The molecule has 0 aliphatic carbocycles. The number of ether oxygens (including phenoxy) is 1. The third kappa shape index (κ3) is 5.12. The second-order valence-corrected chi connectivity index (χ2v) is 7.54. The molecule has 34 heavy (non-hydrogen) atoms. The predicted molar refractivity (Wildman–Crippen MR) is 121 cm³/mol. The highest BCUT2D eigenvalue weighted by Crippen LogP contribution is 2.25. The van der Waals surface area contributed by atoms with Crippen LogP contribution in [0.4, 0.5) is 4.39 Å². The van der Waals surface area contributed by atoms with E-state index >= 15 is 0 Å². The average molecular weight is 465 g/mol. The zero-order valence-corrected chi connectivity index (χ0v) is 18.6. The first-order valence-corrected chi connectivity index (χ1v) is 10.7. The van der Waals surface area contributed by atoms with Crippen molar-refractivity contribution in [1.82, 2.24) is 25.2 Å². The van der Waals surface area contributed by atoms with E-state index in [1.165, 1.54) is 41.2 Å². The first-order chi connectivity index (χ1) is 16.6. The molecular weight excluding hydrogens is 441 g/mol. The predicted octanol–water partition coefficient (Wildman–Crippen LogP) is 2.70. The molecule has 0 bridgehead atoms. The highest BCUT2D eigenvalue weighted by atomic mass is 19.1. The standard InChI is InChI=1S/C24H24FN5O4/c1-33-14-12-29(22(31)16-30-21-11-5-4-10-20(21)27-28-30)23(18-8-2-3-9-19(18)25)24(32)26-15-17-7-6-13-34-17/h2-11,13,23H,12,14-16H2,1H3,(H,26,32). The van der Waals surface area contributed by atoms with Crippen LogP contribution >= 0.6 is 0 Å². The van der Waals surface area contributed by atoms with Crippen LogP contribution in [0.15, 0.2) is 71.3 Å². The molecule has 2 aromatic heterocycles. The molecule has 2 amide bonds. The van der Waals surface area contributed by atoms with Crippen molar-refractivity contribution in [1.29, 1.82) is 0 Å². The number of nitrogens with zero attached hydrogens (tertiary/aromatic N) is 4. The first-order valence-electron chi connectivity index (χ1n) is 10.7. The van der Waals surface area contributed by atoms with E-state index in [4.69, 9.17) is 9.15 Å². The van der Waals surface area contributed by atoms with Crippen molar-refractivity contribution < 1.29 is 23.1 Å². The van der Waals surface area contributed by atoms with Crippen LogP contribution in [0.3, 0.4) is 0 Å². The Balaban J connectivity index is 1.65. The van der Waals surface area contributed by atoms with Crippen molar-refractivity contribution in [3.05, 3.63) is 84.1 Å². The Bertz CT molecular complexity index is 1260. The van der Waals surface area contributed by atoms with Gasteiger partial charge in [0.2, 0.25) is 11.8 Å². The number of carbonyl (C=O) groups is 2. The number of amides is 2. The molecule has 1 atom stereocenters. The van der Waals surface area contributed by atoms with Crippen molar-refractivity contribution in [2.45, 2.75) is 19.1 Å². The van der Waals surface area contributed by atoms with E-state index in [9.17, 15) is 14.0 Å². The molecular formula is C24H24FN5O4. The topological polar surface area (TPSA) is 102 Å². The number of para-hydroxylation sites is 1. The molecule has 0 radical (unpaired) electrons. The number of furan rings is 1. The molecule has 1 unspecified atom stereocenters. The van der Waals surface area contributed by atoms with Crippen LogP contribution in [0.2, 0.25) is 0 Å². The molecule has 0 spiro atoms. The summed E-state index contributed by atoms with van der Waals surface area (Å²) in [7, 11) is 1.49. The third-order valence-electron chi connectivity index (χ3n) is 5.34. The Kier molecular flexibility index (Phi) is 7.28. The zero-order chi connectivity index (χ0) is 23.9. The summed E-state index contributed by atoms with van der Waals surface area (Å²) in [5, 5.41) is 10.9. The number of nitrogens with one attached hydrogen (secondary N) is 1. The lowest BCUT2D eigenvalue weighted by Gasteiger charge is -2.31. The molecule has 0 saturated carbocycles. The van der Waals surface area contributed by atoms with Gasteiger partial charge < -0.3 is 19.4 Å². The first kappa shape index (κ1) is 23.1. The second-order valence-electron chi connectivity index (χ2n) is 7.54. The number of methoxy groups -OCH3 is 1. The van der Waals surface area contributed by atoms with Gasteiger partial charge in [-0.1, -0.05) is 35.5 Å². The number of rotatable bonds is 10. The smallest absolute Gasteiger partial charge is 0.247 e. The number of fused-ring (bicyclic) bond motifs is 1. The Hall–Kier alpha value is -4.05. The van der Waals surface area contributed by atoms with Crippen LogP contribution in [-0.2, 0) is 27.4 Å². The van der Waals surface area contributed by atoms with E-state index in [1.807, 2.05) is 12.1 Å². The lowest BCUT2D eigenvalue weighted by molar-refractivity contribution is -0.142. The largest absolute Gasteiger partial charge is 0.467 e. The number of benzene rings is 2. The van der Waals surface area contributed by atoms with E-state index in [0.29, 0.717) is 16.8 Å². The van der Waals surface area contributed by atoms with E-state index in [0.717, 1.165) is 0 Å². The number of carbonyl (C=O) groups excluding carboxylic acids is 2. The molecule has 1 N–H and O–H groups in total. The summed E-state index contributed by atoms with van der Waals surface area (Å²) < 4.78 is 26.7. The van der Waals surface area contributed by atoms with Gasteiger partial charge in [-0.3, -0.25) is 9.59 Å². The Morgan fingerprint density at radius 1 is 1.15 bits per heavy atom. The minimum atomic E-state index is -1.23. The van der Waals surface area contributed by atoms with Crippen LogP contribution in [0, 0.1) is 5.82 Å². The Labute approximate surface area is 195 Å². The highest BCUT2D eigenvalue weighted by molar-refractivity contribution is 5.89. The fourth-order valence-corrected chi connectivity index (χ4v) is 3.67. The summed E-state index contributed by atoms with van der Waals surface area (Å²) in [6.07, 6.45) is 1.49.